The highest BCUT2D eigenvalue weighted by molar-refractivity contribution is 7.89. The van der Waals surface area contributed by atoms with Gasteiger partial charge in [-0.25, -0.2) is 13.4 Å². The van der Waals surface area contributed by atoms with Crippen LogP contribution in [0.3, 0.4) is 0 Å². The molecule has 1 atom stereocenters. The highest BCUT2D eigenvalue weighted by Crippen LogP contribution is 2.22. The van der Waals surface area contributed by atoms with E-state index in [4.69, 9.17) is 4.74 Å². The van der Waals surface area contributed by atoms with E-state index in [0.717, 1.165) is 18.5 Å². The molecule has 1 aliphatic rings. The predicted octanol–water partition coefficient (Wildman–Crippen LogP) is 1.49. The van der Waals surface area contributed by atoms with Crippen molar-refractivity contribution in [1.82, 2.24) is 18.8 Å². The van der Waals surface area contributed by atoms with Crippen molar-refractivity contribution in [2.45, 2.75) is 37.5 Å². The Balaban J connectivity index is 1.66. The summed E-state index contributed by atoms with van der Waals surface area (Å²) >= 11 is 0. The van der Waals surface area contributed by atoms with Gasteiger partial charge < -0.3 is 9.30 Å². The molecule has 1 unspecified atom stereocenters. The number of pyridine rings is 1. The van der Waals surface area contributed by atoms with E-state index in [1.807, 2.05) is 18.2 Å². The molecule has 8 heteroatoms. The zero-order chi connectivity index (χ0) is 17.2. The van der Waals surface area contributed by atoms with Crippen LogP contribution in [0.1, 0.15) is 24.4 Å². The number of hydrogen-bond acceptors (Lipinski definition) is 5. The molecule has 0 N–H and O–H groups in total. The van der Waals surface area contributed by atoms with Gasteiger partial charge in [0.1, 0.15) is 5.82 Å². The average molecular weight is 350 g/mol. The molecule has 3 rings (SSSR count). The second-order valence-corrected chi connectivity index (χ2v) is 7.88. The van der Waals surface area contributed by atoms with Gasteiger partial charge in [0.15, 0.2) is 5.03 Å². The first-order valence-corrected chi connectivity index (χ1v) is 9.42. The number of hydrogen-bond donors (Lipinski definition) is 0. The Kier molecular flexibility index (Phi) is 4.98. The first kappa shape index (κ1) is 17.1. The number of aryl methyl sites for hydroxylation is 2. The minimum Gasteiger partial charge on any atom is -0.371 e. The highest BCUT2D eigenvalue weighted by Gasteiger charge is 2.32. The fourth-order valence-electron chi connectivity index (χ4n) is 2.73. The Morgan fingerprint density at radius 2 is 2.21 bits per heavy atom. The second-order valence-electron chi connectivity index (χ2n) is 6.00. The van der Waals surface area contributed by atoms with Crippen LogP contribution in [0.15, 0.2) is 35.6 Å². The molecule has 1 fully saturated rings. The normalized spacial score (nSPS) is 19.5. The molecule has 0 radical (unpaired) electrons. The molecule has 0 saturated carbocycles. The minimum atomic E-state index is -3.57. The Hall–Kier alpha value is -1.77. The standard InChI is InChI=1S/C16H22N4O3S/c1-13-18-16(11-19(13)2)24(21,22)20-9-5-7-15(10-20)23-12-14-6-3-4-8-17-14/h3-4,6,8,11,15H,5,7,9-10,12H2,1-2H3. The first-order chi connectivity index (χ1) is 11.5. The Morgan fingerprint density at radius 1 is 1.38 bits per heavy atom. The molecule has 24 heavy (non-hydrogen) atoms. The maximum atomic E-state index is 12.8. The van der Waals surface area contributed by atoms with Gasteiger partial charge >= 0.3 is 0 Å². The number of rotatable bonds is 5. The summed E-state index contributed by atoms with van der Waals surface area (Å²) in [5.41, 5.74) is 0.845. The van der Waals surface area contributed by atoms with Crippen molar-refractivity contribution in [2.75, 3.05) is 13.1 Å². The predicted molar refractivity (Wildman–Crippen MR) is 88.8 cm³/mol. The van der Waals surface area contributed by atoms with Gasteiger partial charge in [0, 0.05) is 32.5 Å². The van der Waals surface area contributed by atoms with Crippen molar-refractivity contribution in [1.29, 1.82) is 0 Å². The lowest BCUT2D eigenvalue weighted by atomic mass is 10.1. The Labute approximate surface area is 142 Å². The third kappa shape index (κ3) is 3.66. The molecule has 0 bridgehead atoms. The van der Waals surface area contributed by atoms with Crippen LogP contribution in [0.25, 0.3) is 0 Å². The van der Waals surface area contributed by atoms with Gasteiger partial charge in [0.2, 0.25) is 0 Å². The van der Waals surface area contributed by atoms with Gasteiger partial charge in [0.05, 0.1) is 18.4 Å². The molecule has 0 aliphatic carbocycles. The van der Waals surface area contributed by atoms with Gasteiger partial charge in [-0.15, -0.1) is 0 Å². The van der Waals surface area contributed by atoms with Crippen molar-refractivity contribution in [3.05, 3.63) is 42.1 Å². The van der Waals surface area contributed by atoms with E-state index in [0.29, 0.717) is 25.5 Å². The third-order valence-electron chi connectivity index (χ3n) is 4.22. The smallest absolute Gasteiger partial charge is 0.262 e. The third-order valence-corrected chi connectivity index (χ3v) is 5.96. The van der Waals surface area contributed by atoms with Gasteiger partial charge in [-0.1, -0.05) is 6.07 Å². The molecule has 2 aromatic heterocycles. The van der Waals surface area contributed by atoms with Gasteiger partial charge in [-0.3, -0.25) is 4.98 Å². The SMILES string of the molecule is Cc1nc(S(=O)(=O)N2CCCC(OCc3ccccn3)C2)cn1C. The fraction of sp³-hybridized carbons (Fsp3) is 0.500. The number of piperidine rings is 1. The zero-order valence-corrected chi connectivity index (χ0v) is 14.7. The van der Waals surface area contributed by atoms with E-state index >= 15 is 0 Å². The van der Waals surface area contributed by atoms with Crippen LogP contribution in [0.2, 0.25) is 0 Å². The molecule has 3 heterocycles. The molecular formula is C16H22N4O3S. The van der Waals surface area contributed by atoms with E-state index in [-0.39, 0.29) is 11.1 Å². The number of sulfonamides is 1. The lowest BCUT2D eigenvalue weighted by molar-refractivity contribution is 0.00662. The quantitative estimate of drug-likeness (QED) is 0.816. The van der Waals surface area contributed by atoms with E-state index in [1.165, 1.54) is 4.31 Å². The number of nitrogens with zero attached hydrogens (tertiary/aromatic N) is 4. The second kappa shape index (κ2) is 7.00. The van der Waals surface area contributed by atoms with E-state index in [9.17, 15) is 8.42 Å². The van der Waals surface area contributed by atoms with Gasteiger partial charge in [0.25, 0.3) is 10.0 Å². The van der Waals surface area contributed by atoms with Crippen LogP contribution in [0.4, 0.5) is 0 Å². The molecule has 0 spiro atoms. The molecule has 2 aromatic rings. The zero-order valence-electron chi connectivity index (χ0n) is 13.9. The minimum absolute atomic E-state index is 0.105. The summed E-state index contributed by atoms with van der Waals surface area (Å²) in [4.78, 5) is 8.38. The molecule has 1 saturated heterocycles. The number of ether oxygens (including phenoxy) is 1. The average Bonchev–Trinajstić information content (AvgIpc) is 2.94. The van der Waals surface area contributed by atoms with Crippen molar-refractivity contribution >= 4 is 10.0 Å². The van der Waals surface area contributed by atoms with Gasteiger partial charge in [-0.2, -0.15) is 4.31 Å². The van der Waals surface area contributed by atoms with E-state index in [1.54, 1.807) is 30.9 Å². The summed E-state index contributed by atoms with van der Waals surface area (Å²) in [7, 11) is -1.79. The fourth-order valence-corrected chi connectivity index (χ4v) is 4.26. The molecule has 0 amide bonds. The van der Waals surface area contributed by atoms with Crippen LogP contribution in [0, 0.1) is 6.92 Å². The van der Waals surface area contributed by atoms with Gasteiger partial charge in [-0.05, 0) is 31.9 Å². The van der Waals surface area contributed by atoms with E-state index < -0.39 is 10.0 Å². The summed E-state index contributed by atoms with van der Waals surface area (Å²) in [5, 5.41) is 0.105. The largest absolute Gasteiger partial charge is 0.371 e. The maximum Gasteiger partial charge on any atom is 0.262 e. The molecule has 1 aliphatic heterocycles. The monoisotopic (exact) mass is 350 g/mol. The van der Waals surface area contributed by atoms with Crippen molar-refractivity contribution in [2.24, 2.45) is 7.05 Å². The van der Waals surface area contributed by atoms with Crippen molar-refractivity contribution < 1.29 is 13.2 Å². The number of imidazole rings is 1. The van der Waals surface area contributed by atoms with Crippen LogP contribution in [-0.4, -0.2) is 46.5 Å². The first-order valence-electron chi connectivity index (χ1n) is 7.98. The topological polar surface area (TPSA) is 77.3 Å². The lowest BCUT2D eigenvalue weighted by Crippen LogP contribution is -2.43. The molecule has 7 nitrogen and oxygen atoms in total. The van der Waals surface area contributed by atoms with Crippen molar-refractivity contribution in [3.63, 3.8) is 0 Å². The Morgan fingerprint density at radius 3 is 2.88 bits per heavy atom. The lowest BCUT2D eigenvalue weighted by Gasteiger charge is -2.31. The molecule has 0 aromatic carbocycles. The number of aromatic nitrogens is 3. The Bertz CT molecular complexity index is 769. The van der Waals surface area contributed by atoms with Crippen LogP contribution >= 0.6 is 0 Å². The summed E-state index contributed by atoms with van der Waals surface area (Å²) in [6.07, 6.45) is 4.78. The maximum absolute atomic E-state index is 12.8. The van der Waals surface area contributed by atoms with Crippen LogP contribution in [-0.2, 0) is 28.4 Å². The summed E-state index contributed by atoms with van der Waals surface area (Å²) in [5.74, 6) is 0.675. The van der Waals surface area contributed by atoms with Crippen LogP contribution < -0.4 is 0 Å². The summed E-state index contributed by atoms with van der Waals surface area (Å²) in [6, 6.07) is 5.66. The summed E-state index contributed by atoms with van der Waals surface area (Å²) in [6.45, 7) is 3.03. The highest BCUT2D eigenvalue weighted by atomic mass is 32.2. The summed E-state index contributed by atoms with van der Waals surface area (Å²) < 4.78 is 34.6. The van der Waals surface area contributed by atoms with Crippen LogP contribution in [0.5, 0.6) is 0 Å². The molecular weight excluding hydrogens is 328 g/mol. The van der Waals surface area contributed by atoms with Crippen molar-refractivity contribution in [3.8, 4) is 0 Å². The van der Waals surface area contributed by atoms with E-state index in [2.05, 4.69) is 9.97 Å². The molecule has 130 valence electrons.